The van der Waals surface area contributed by atoms with Crippen LogP contribution in [-0.2, 0) is 9.53 Å². The molecule has 0 radical (unpaired) electrons. The van der Waals surface area contributed by atoms with E-state index in [0.717, 1.165) is 50.9 Å². The largest absolute Gasteiger partial charge is 0.374 e. The van der Waals surface area contributed by atoms with Gasteiger partial charge in [-0.05, 0) is 49.8 Å². The monoisotopic (exact) mass is 311 g/mol. The molecule has 1 aliphatic carbocycles. The minimum absolute atomic E-state index is 0.0195. The van der Waals surface area contributed by atoms with Crippen LogP contribution in [0.25, 0.3) is 0 Å². The molecule has 4 heteroatoms. The van der Waals surface area contributed by atoms with Gasteiger partial charge in [0.2, 0.25) is 0 Å². The highest BCUT2D eigenvalue weighted by Crippen LogP contribution is 2.43. The Morgan fingerprint density at radius 2 is 2.05 bits per heavy atom. The van der Waals surface area contributed by atoms with Crippen molar-refractivity contribution >= 4 is 17.5 Å². The van der Waals surface area contributed by atoms with Crippen LogP contribution in [0.2, 0.25) is 0 Å². The number of nitrogens with two attached hydrogens (primary N) is 1. The fourth-order valence-electron chi connectivity index (χ4n) is 4.43. The van der Waals surface area contributed by atoms with E-state index in [0.29, 0.717) is 12.3 Å². The van der Waals surface area contributed by atoms with Gasteiger partial charge in [0.1, 0.15) is 5.78 Å². The lowest BCUT2D eigenvalue weighted by Crippen LogP contribution is -2.44. The topological polar surface area (TPSA) is 52.3 Å². The van der Waals surface area contributed by atoms with Gasteiger partial charge in [-0.3, -0.25) is 4.79 Å². The van der Waals surface area contributed by atoms with E-state index < -0.39 is 0 Å². The van der Waals surface area contributed by atoms with Gasteiger partial charge >= 0.3 is 0 Å². The summed E-state index contributed by atoms with van der Waals surface area (Å²) in [6, 6.07) is 0. The summed E-state index contributed by atoms with van der Waals surface area (Å²) < 4.78 is 6.05. The summed E-state index contributed by atoms with van der Waals surface area (Å²) in [7, 11) is 0. The molecule has 2 atom stereocenters. The van der Waals surface area contributed by atoms with Crippen LogP contribution >= 0.6 is 11.8 Å². The van der Waals surface area contributed by atoms with Gasteiger partial charge in [-0.2, -0.15) is 11.8 Å². The van der Waals surface area contributed by atoms with E-state index in [1.54, 1.807) is 0 Å². The maximum Gasteiger partial charge on any atom is 0.136 e. The van der Waals surface area contributed by atoms with E-state index in [1.165, 1.54) is 25.0 Å². The first-order valence-electron chi connectivity index (χ1n) is 8.62. The van der Waals surface area contributed by atoms with Crippen molar-refractivity contribution in [3.63, 3.8) is 0 Å². The van der Waals surface area contributed by atoms with Crippen molar-refractivity contribution < 1.29 is 9.53 Å². The van der Waals surface area contributed by atoms with Crippen LogP contribution in [0.1, 0.15) is 57.8 Å². The molecule has 3 fully saturated rings. The molecule has 21 heavy (non-hydrogen) atoms. The van der Waals surface area contributed by atoms with Crippen molar-refractivity contribution in [2.24, 2.45) is 17.1 Å². The third kappa shape index (κ3) is 3.48. The molecule has 3 rings (SSSR count). The molecule has 3 nitrogen and oxygen atoms in total. The number of carbonyl (C=O) groups excluding carboxylic acids is 1. The van der Waals surface area contributed by atoms with Crippen LogP contribution in [0.15, 0.2) is 0 Å². The van der Waals surface area contributed by atoms with E-state index in [-0.39, 0.29) is 16.9 Å². The first-order valence-corrected chi connectivity index (χ1v) is 9.77. The maximum atomic E-state index is 12.9. The molecule has 2 aliphatic heterocycles. The number of thioether (sulfide) groups is 1. The zero-order valence-corrected chi connectivity index (χ0v) is 13.9. The molecule has 0 aromatic heterocycles. The predicted octanol–water partition coefficient (Wildman–Crippen LogP) is 3.16. The number of hydrogen-bond donors (Lipinski definition) is 1. The molecule has 1 spiro atoms. The smallest absolute Gasteiger partial charge is 0.136 e. The highest BCUT2D eigenvalue weighted by molar-refractivity contribution is 7.99. The molecule has 0 amide bonds. The lowest BCUT2D eigenvalue weighted by Gasteiger charge is -2.40. The van der Waals surface area contributed by atoms with Crippen molar-refractivity contribution in [1.29, 1.82) is 0 Å². The van der Waals surface area contributed by atoms with Crippen molar-refractivity contribution in [2.75, 3.05) is 24.7 Å². The predicted molar refractivity (Wildman–Crippen MR) is 87.5 cm³/mol. The van der Waals surface area contributed by atoms with Crippen LogP contribution < -0.4 is 5.73 Å². The van der Waals surface area contributed by atoms with E-state index in [1.807, 2.05) is 11.8 Å². The standard InChI is InChI=1S/C17H29NO2S/c18-12-16(5-2-1-3-6-16)11-15(19)14-4-8-20-17(10-14)7-9-21-13-17/h14H,1-13,18H2. The minimum Gasteiger partial charge on any atom is -0.374 e. The van der Waals surface area contributed by atoms with Gasteiger partial charge in [-0.25, -0.2) is 0 Å². The van der Waals surface area contributed by atoms with Gasteiger partial charge in [-0.1, -0.05) is 19.3 Å². The first-order chi connectivity index (χ1) is 10.2. The summed E-state index contributed by atoms with van der Waals surface area (Å²) in [5.41, 5.74) is 6.19. The molecule has 2 unspecified atom stereocenters. The van der Waals surface area contributed by atoms with Crippen molar-refractivity contribution in [1.82, 2.24) is 0 Å². The molecule has 2 N–H and O–H groups in total. The van der Waals surface area contributed by atoms with E-state index in [2.05, 4.69) is 0 Å². The second-order valence-corrected chi connectivity index (χ2v) is 8.54. The van der Waals surface area contributed by atoms with E-state index in [4.69, 9.17) is 10.5 Å². The second-order valence-electron chi connectivity index (χ2n) is 7.43. The van der Waals surface area contributed by atoms with Crippen LogP contribution in [0, 0.1) is 11.3 Å². The lowest BCUT2D eigenvalue weighted by atomic mass is 9.68. The Kier molecular flexibility index (Phi) is 4.97. The molecule has 120 valence electrons. The minimum atomic E-state index is 0.0195. The Morgan fingerprint density at radius 3 is 2.71 bits per heavy atom. The van der Waals surface area contributed by atoms with Gasteiger partial charge in [-0.15, -0.1) is 0 Å². The Bertz CT molecular complexity index is 373. The average molecular weight is 311 g/mol. The average Bonchev–Trinajstić information content (AvgIpc) is 2.96. The molecule has 2 saturated heterocycles. The summed E-state index contributed by atoms with van der Waals surface area (Å²) in [4.78, 5) is 12.9. The molecule has 3 aliphatic rings. The number of carbonyl (C=O) groups is 1. The molecule has 2 heterocycles. The SMILES string of the molecule is NCC1(CC(=O)C2CCOC3(CCSC3)C2)CCCCC1. The Hall–Kier alpha value is -0.0600. The van der Waals surface area contributed by atoms with Gasteiger partial charge in [0.15, 0.2) is 0 Å². The van der Waals surface area contributed by atoms with E-state index >= 15 is 0 Å². The summed E-state index contributed by atoms with van der Waals surface area (Å²) in [5, 5.41) is 0. The molecule has 1 saturated carbocycles. The fraction of sp³-hybridized carbons (Fsp3) is 0.941. The number of ether oxygens (including phenoxy) is 1. The van der Waals surface area contributed by atoms with E-state index in [9.17, 15) is 4.79 Å². The van der Waals surface area contributed by atoms with Crippen molar-refractivity contribution in [2.45, 2.75) is 63.4 Å². The molecule has 0 bridgehead atoms. The maximum absolute atomic E-state index is 12.9. The Labute approximate surface area is 132 Å². The molecule has 0 aromatic carbocycles. The first kappa shape index (κ1) is 15.8. The van der Waals surface area contributed by atoms with Crippen LogP contribution in [-0.4, -0.2) is 36.0 Å². The van der Waals surface area contributed by atoms with Gasteiger partial charge < -0.3 is 10.5 Å². The van der Waals surface area contributed by atoms with Crippen LogP contribution in [0.3, 0.4) is 0 Å². The lowest BCUT2D eigenvalue weighted by molar-refractivity contribution is -0.136. The normalized spacial score (nSPS) is 36.0. The molecular formula is C17H29NO2S. The van der Waals surface area contributed by atoms with Gasteiger partial charge in [0.25, 0.3) is 0 Å². The number of ketones is 1. The van der Waals surface area contributed by atoms with Crippen molar-refractivity contribution in [3.05, 3.63) is 0 Å². The van der Waals surface area contributed by atoms with Gasteiger partial charge in [0.05, 0.1) is 5.60 Å². The molecular weight excluding hydrogens is 282 g/mol. The third-order valence-electron chi connectivity index (χ3n) is 5.91. The van der Waals surface area contributed by atoms with Gasteiger partial charge in [0, 0.05) is 24.7 Å². The summed E-state index contributed by atoms with van der Waals surface area (Å²) in [5.74, 6) is 2.97. The highest BCUT2D eigenvalue weighted by atomic mass is 32.2. The molecule has 0 aromatic rings. The quantitative estimate of drug-likeness (QED) is 0.866. The zero-order chi connectivity index (χ0) is 14.8. The number of rotatable bonds is 4. The third-order valence-corrected chi connectivity index (χ3v) is 7.13. The number of hydrogen-bond acceptors (Lipinski definition) is 4. The second kappa shape index (κ2) is 6.59. The Balaban J connectivity index is 1.61. The summed E-state index contributed by atoms with van der Waals surface area (Å²) in [6.45, 7) is 1.45. The Morgan fingerprint density at radius 1 is 1.24 bits per heavy atom. The summed E-state index contributed by atoms with van der Waals surface area (Å²) >= 11 is 1.98. The number of Topliss-reactive ketones (excluding diaryl/α,β-unsaturated/α-hetero) is 1. The van der Waals surface area contributed by atoms with Crippen molar-refractivity contribution in [3.8, 4) is 0 Å². The highest BCUT2D eigenvalue weighted by Gasteiger charge is 2.43. The summed E-state index contributed by atoms with van der Waals surface area (Å²) in [6.07, 6.45) is 9.84. The van der Waals surface area contributed by atoms with Crippen LogP contribution in [0.5, 0.6) is 0 Å². The van der Waals surface area contributed by atoms with Crippen LogP contribution in [0.4, 0.5) is 0 Å². The fourth-order valence-corrected chi connectivity index (χ4v) is 5.81. The zero-order valence-electron chi connectivity index (χ0n) is 13.1.